The molecule has 0 saturated heterocycles. The molecule has 1 aromatic heterocycles. The fraction of sp³-hybridized carbons (Fsp3) is 0.0149. The van der Waals surface area contributed by atoms with Gasteiger partial charge in [0.2, 0.25) is 0 Å². The van der Waals surface area contributed by atoms with Crippen molar-refractivity contribution in [1.82, 2.24) is 4.57 Å². The third kappa shape index (κ3) is 5.88. The minimum Gasteiger partial charge on any atom is -0.457 e. The molecular weight excluding hydrogens is 849 g/mol. The van der Waals surface area contributed by atoms with Crippen molar-refractivity contribution in [1.29, 1.82) is 0 Å². The lowest BCUT2D eigenvalue weighted by Gasteiger charge is -2.39. The minimum absolute atomic E-state index is 0.640. The van der Waals surface area contributed by atoms with Crippen molar-refractivity contribution in [2.75, 3.05) is 4.90 Å². The third-order valence-electron chi connectivity index (χ3n) is 14.7. The molecule has 0 amide bonds. The van der Waals surface area contributed by atoms with Gasteiger partial charge in [0.15, 0.2) is 0 Å². The Labute approximate surface area is 407 Å². The normalized spacial score (nSPS) is 12.8. The van der Waals surface area contributed by atoms with Gasteiger partial charge in [-0.15, -0.1) is 0 Å². The molecule has 0 N–H and O–H groups in total. The highest BCUT2D eigenvalue weighted by Gasteiger charge is 2.51. The van der Waals surface area contributed by atoms with Gasteiger partial charge in [-0.25, -0.2) is 0 Å². The Hall–Kier alpha value is -9.18. The summed E-state index contributed by atoms with van der Waals surface area (Å²) in [7, 11) is 0. The summed E-state index contributed by atoms with van der Waals surface area (Å²) < 4.78 is 9.23. The predicted molar refractivity (Wildman–Crippen MR) is 289 cm³/mol. The second-order valence-electron chi connectivity index (χ2n) is 18.3. The number of para-hydroxylation sites is 7. The highest BCUT2D eigenvalue weighted by atomic mass is 16.5. The number of rotatable bonds is 7. The van der Waals surface area contributed by atoms with E-state index in [-0.39, 0.29) is 0 Å². The van der Waals surface area contributed by atoms with E-state index in [2.05, 4.69) is 276 Å². The molecule has 0 unspecified atom stereocenters. The lowest BCUT2D eigenvalue weighted by Crippen LogP contribution is -2.32. The van der Waals surface area contributed by atoms with Crippen molar-refractivity contribution in [3.63, 3.8) is 0 Å². The van der Waals surface area contributed by atoms with Gasteiger partial charge in [-0.1, -0.05) is 212 Å². The van der Waals surface area contributed by atoms with Gasteiger partial charge in [-0.05, 0) is 105 Å². The molecule has 1 aliphatic heterocycles. The van der Waals surface area contributed by atoms with Crippen molar-refractivity contribution in [3.8, 4) is 61.7 Å². The average molecular weight is 893 g/mol. The number of nitrogens with zero attached hydrogens (tertiary/aromatic N) is 2. The van der Waals surface area contributed by atoms with E-state index in [1.807, 2.05) is 0 Å². The van der Waals surface area contributed by atoms with Crippen molar-refractivity contribution >= 4 is 38.9 Å². The first-order valence-corrected chi connectivity index (χ1v) is 24.1. The molecule has 14 rings (SSSR count). The van der Waals surface area contributed by atoms with E-state index >= 15 is 0 Å². The molecule has 70 heavy (non-hydrogen) atoms. The number of ether oxygens (including phenoxy) is 1. The maximum atomic E-state index is 6.77. The summed E-state index contributed by atoms with van der Waals surface area (Å²) in [6.45, 7) is 0. The van der Waals surface area contributed by atoms with Crippen LogP contribution in [0.1, 0.15) is 22.3 Å². The summed E-state index contributed by atoms with van der Waals surface area (Å²) in [5.41, 5.74) is 20.2. The molecular formula is C67H44N2O. The van der Waals surface area contributed by atoms with Gasteiger partial charge in [-0.3, -0.25) is 0 Å². The molecule has 0 bridgehead atoms. The highest BCUT2D eigenvalue weighted by molar-refractivity contribution is 6.10. The summed E-state index contributed by atoms with van der Waals surface area (Å²) in [5.74, 6) is 1.75. The molecule has 0 radical (unpaired) electrons. The maximum Gasteiger partial charge on any atom is 0.132 e. The zero-order valence-corrected chi connectivity index (χ0v) is 38.2. The Morgan fingerprint density at radius 3 is 1.44 bits per heavy atom. The van der Waals surface area contributed by atoms with E-state index in [9.17, 15) is 0 Å². The first-order valence-electron chi connectivity index (χ1n) is 24.1. The van der Waals surface area contributed by atoms with Crippen LogP contribution in [0, 0.1) is 0 Å². The lowest BCUT2D eigenvalue weighted by molar-refractivity contribution is 0.436. The lowest BCUT2D eigenvalue weighted by atomic mass is 9.66. The molecule has 12 aromatic rings. The summed E-state index contributed by atoms with van der Waals surface area (Å²) in [6, 6.07) is 97.3. The van der Waals surface area contributed by atoms with E-state index in [4.69, 9.17) is 4.74 Å². The molecule has 1 aliphatic carbocycles. The van der Waals surface area contributed by atoms with Crippen LogP contribution in [0.3, 0.4) is 0 Å². The zero-order valence-electron chi connectivity index (χ0n) is 38.2. The number of hydrogen-bond donors (Lipinski definition) is 0. The van der Waals surface area contributed by atoms with Crippen LogP contribution >= 0.6 is 0 Å². The van der Waals surface area contributed by atoms with Crippen LogP contribution in [-0.4, -0.2) is 4.57 Å². The maximum absolute atomic E-state index is 6.77. The second kappa shape index (κ2) is 16.0. The monoisotopic (exact) mass is 892 g/mol. The standard InChI is InChI=1S/C67H44N2O/c1-2-22-45(23-3-1)47-24-4-5-25-48(47)49-26-6-7-27-50(49)53-29-9-15-35-60(53)68(63-38-18-19-39-64(63)69-61-36-16-10-30-54(61)55-31-11-17-37-62(55)69)46-42-43-52-51-28-8-12-32-56(51)67(59(52)44-46)57-33-13-20-40-65(57)70-66-41-21-14-34-58(66)67/h1-44H. The Morgan fingerprint density at radius 1 is 0.314 bits per heavy atom. The SMILES string of the molecule is c1ccc(-c2ccccc2-c2ccccc2-c2ccccc2N(c2ccc3c(c2)C2(c4ccccc4Oc4ccccc42)c2ccccc2-3)c2ccccc2-n2c3ccccc3c3ccccc32)cc1. The highest BCUT2D eigenvalue weighted by Crippen LogP contribution is 2.63. The Kier molecular flexibility index (Phi) is 9.11. The van der Waals surface area contributed by atoms with Gasteiger partial charge >= 0.3 is 0 Å². The Morgan fingerprint density at radius 2 is 0.771 bits per heavy atom. The molecule has 2 aliphatic rings. The van der Waals surface area contributed by atoms with Crippen LogP contribution in [0.15, 0.2) is 267 Å². The van der Waals surface area contributed by atoms with Gasteiger partial charge in [0.05, 0.1) is 33.5 Å². The van der Waals surface area contributed by atoms with Crippen LogP contribution in [0.5, 0.6) is 11.5 Å². The van der Waals surface area contributed by atoms with Crippen LogP contribution in [0.4, 0.5) is 17.1 Å². The van der Waals surface area contributed by atoms with Crippen LogP contribution in [-0.2, 0) is 5.41 Å². The quantitative estimate of drug-likeness (QED) is 0.159. The third-order valence-corrected chi connectivity index (χ3v) is 14.7. The Balaban J connectivity index is 1.07. The first-order chi connectivity index (χ1) is 34.8. The fourth-order valence-corrected chi connectivity index (χ4v) is 11.9. The van der Waals surface area contributed by atoms with Crippen molar-refractivity contribution in [2.45, 2.75) is 5.41 Å². The molecule has 0 atom stereocenters. The van der Waals surface area contributed by atoms with Crippen LogP contribution in [0.2, 0.25) is 0 Å². The summed E-state index contributed by atoms with van der Waals surface area (Å²) in [5, 5.41) is 2.44. The number of benzene rings is 11. The van der Waals surface area contributed by atoms with Gasteiger partial charge in [-0.2, -0.15) is 0 Å². The van der Waals surface area contributed by atoms with E-state index in [0.29, 0.717) is 0 Å². The molecule has 3 nitrogen and oxygen atoms in total. The molecule has 11 aromatic carbocycles. The minimum atomic E-state index is -0.640. The van der Waals surface area contributed by atoms with Crippen LogP contribution in [0.25, 0.3) is 72.0 Å². The van der Waals surface area contributed by atoms with Gasteiger partial charge in [0.1, 0.15) is 11.5 Å². The second-order valence-corrected chi connectivity index (χ2v) is 18.3. The molecule has 328 valence electrons. The van der Waals surface area contributed by atoms with E-state index in [0.717, 1.165) is 67.5 Å². The molecule has 2 heterocycles. The summed E-state index contributed by atoms with van der Waals surface area (Å²) in [4.78, 5) is 2.52. The summed E-state index contributed by atoms with van der Waals surface area (Å²) in [6.07, 6.45) is 0. The molecule has 3 heteroatoms. The van der Waals surface area contributed by atoms with E-state index in [1.54, 1.807) is 0 Å². The number of hydrogen-bond acceptors (Lipinski definition) is 2. The molecule has 1 spiro atoms. The number of anilines is 3. The van der Waals surface area contributed by atoms with E-state index in [1.165, 1.54) is 55.3 Å². The fourth-order valence-electron chi connectivity index (χ4n) is 11.9. The van der Waals surface area contributed by atoms with Gasteiger partial charge in [0.25, 0.3) is 0 Å². The number of fused-ring (bicyclic) bond motifs is 12. The first kappa shape index (κ1) is 39.9. The van der Waals surface area contributed by atoms with Crippen molar-refractivity contribution in [3.05, 3.63) is 289 Å². The topological polar surface area (TPSA) is 17.4 Å². The number of aromatic nitrogens is 1. The average Bonchev–Trinajstić information content (AvgIpc) is 3.92. The van der Waals surface area contributed by atoms with Crippen molar-refractivity contribution < 1.29 is 4.74 Å². The summed E-state index contributed by atoms with van der Waals surface area (Å²) >= 11 is 0. The van der Waals surface area contributed by atoms with E-state index < -0.39 is 5.41 Å². The molecule has 0 fully saturated rings. The molecule has 0 saturated carbocycles. The van der Waals surface area contributed by atoms with Gasteiger partial charge < -0.3 is 14.2 Å². The Bertz CT molecular complexity index is 3910. The van der Waals surface area contributed by atoms with Crippen LogP contribution < -0.4 is 9.64 Å². The zero-order chi connectivity index (χ0) is 46.2. The van der Waals surface area contributed by atoms with Crippen molar-refractivity contribution in [2.24, 2.45) is 0 Å². The smallest absolute Gasteiger partial charge is 0.132 e. The predicted octanol–water partition coefficient (Wildman–Crippen LogP) is 17.7. The largest absolute Gasteiger partial charge is 0.457 e. The van der Waals surface area contributed by atoms with Gasteiger partial charge in [0, 0.05) is 33.2 Å².